The van der Waals surface area contributed by atoms with Gasteiger partial charge in [-0.05, 0) is 43.9 Å². The lowest BCUT2D eigenvalue weighted by Gasteiger charge is -2.21. The number of benzene rings is 1. The van der Waals surface area contributed by atoms with Crippen LogP contribution >= 0.6 is 0 Å². The number of rotatable bonds is 2. The van der Waals surface area contributed by atoms with Gasteiger partial charge in [0.2, 0.25) is 0 Å². The molecule has 0 radical (unpaired) electrons. The second-order valence-corrected chi connectivity index (χ2v) is 6.69. The lowest BCUT2D eigenvalue weighted by Crippen LogP contribution is -2.28. The monoisotopic (exact) mass is 271 g/mol. The number of hydrogen-bond acceptors (Lipinski definition) is 3. The minimum atomic E-state index is -0.138. The first-order chi connectivity index (χ1) is 9.74. The Morgan fingerprint density at radius 1 is 1.05 bits per heavy atom. The van der Waals surface area contributed by atoms with Crippen molar-refractivity contribution in [3.63, 3.8) is 0 Å². The Labute approximate surface area is 119 Å². The molecule has 0 aromatic heterocycles. The van der Waals surface area contributed by atoms with Gasteiger partial charge in [-0.25, -0.2) is 4.79 Å². The molecule has 0 spiro atoms. The molecule has 1 aromatic carbocycles. The number of fused-ring (bicyclic) bond motifs is 5. The summed E-state index contributed by atoms with van der Waals surface area (Å²) in [5.41, 5.74) is 0.682. The van der Waals surface area contributed by atoms with E-state index in [4.69, 9.17) is 4.74 Å². The molecule has 106 valence electrons. The van der Waals surface area contributed by atoms with Crippen LogP contribution in [-0.2, 0) is 4.74 Å². The van der Waals surface area contributed by atoms with Gasteiger partial charge in [-0.3, -0.25) is 0 Å². The Hall–Kier alpha value is -1.35. The highest BCUT2D eigenvalue weighted by molar-refractivity contribution is 5.89. The molecule has 0 unspecified atom stereocenters. The van der Waals surface area contributed by atoms with Crippen LogP contribution in [0.5, 0.6) is 0 Å². The third-order valence-corrected chi connectivity index (χ3v) is 5.62. The summed E-state index contributed by atoms with van der Waals surface area (Å²) in [6.07, 6.45) is 2.66. The molecule has 3 nitrogen and oxygen atoms in total. The molecular weight excluding hydrogens is 250 g/mol. The number of ether oxygens (including phenoxy) is 1. The van der Waals surface area contributed by atoms with Crippen molar-refractivity contribution in [1.29, 1.82) is 0 Å². The molecule has 4 rings (SSSR count). The van der Waals surface area contributed by atoms with Crippen molar-refractivity contribution in [2.24, 2.45) is 23.7 Å². The van der Waals surface area contributed by atoms with Gasteiger partial charge in [0.1, 0.15) is 6.10 Å². The number of carbonyl (C=O) groups is 1. The number of esters is 1. The smallest absolute Gasteiger partial charge is 0.338 e. The van der Waals surface area contributed by atoms with Gasteiger partial charge in [0.25, 0.3) is 0 Å². The van der Waals surface area contributed by atoms with Gasteiger partial charge in [-0.1, -0.05) is 18.2 Å². The van der Waals surface area contributed by atoms with E-state index in [1.54, 1.807) is 0 Å². The first-order valence-corrected chi connectivity index (χ1v) is 7.68. The average Bonchev–Trinajstić information content (AvgIpc) is 3.10. The van der Waals surface area contributed by atoms with E-state index in [9.17, 15) is 4.79 Å². The quantitative estimate of drug-likeness (QED) is 0.774. The second-order valence-electron chi connectivity index (χ2n) is 6.69. The Bertz CT molecular complexity index is 495. The summed E-state index contributed by atoms with van der Waals surface area (Å²) in [7, 11) is 2.21. The third kappa shape index (κ3) is 1.80. The van der Waals surface area contributed by atoms with Crippen LogP contribution < -0.4 is 0 Å². The Balaban J connectivity index is 1.50. The highest BCUT2D eigenvalue weighted by Gasteiger charge is 2.58. The zero-order chi connectivity index (χ0) is 13.7. The first-order valence-electron chi connectivity index (χ1n) is 7.68. The van der Waals surface area contributed by atoms with Crippen molar-refractivity contribution in [3.05, 3.63) is 35.9 Å². The summed E-state index contributed by atoms with van der Waals surface area (Å²) < 4.78 is 5.90. The van der Waals surface area contributed by atoms with Crippen LogP contribution in [0.2, 0.25) is 0 Å². The van der Waals surface area contributed by atoms with Crippen LogP contribution in [0.4, 0.5) is 0 Å². The van der Waals surface area contributed by atoms with Crippen LogP contribution in [0, 0.1) is 23.7 Å². The zero-order valence-corrected chi connectivity index (χ0v) is 11.9. The molecule has 1 aliphatic heterocycles. The molecular formula is C17H21NO2. The molecule has 0 N–H and O–H groups in total. The summed E-state index contributed by atoms with van der Waals surface area (Å²) >= 11 is 0. The molecule has 2 bridgehead atoms. The molecule has 3 aliphatic rings. The van der Waals surface area contributed by atoms with Gasteiger partial charge in [0.05, 0.1) is 5.56 Å². The molecule has 3 fully saturated rings. The average molecular weight is 271 g/mol. The van der Waals surface area contributed by atoms with Gasteiger partial charge in [0, 0.05) is 24.9 Å². The third-order valence-electron chi connectivity index (χ3n) is 5.62. The molecule has 0 amide bonds. The van der Waals surface area contributed by atoms with Gasteiger partial charge in [-0.2, -0.15) is 0 Å². The fraction of sp³-hybridized carbons (Fsp3) is 0.588. The van der Waals surface area contributed by atoms with E-state index in [1.165, 1.54) is 25.9 Å². The molecule has 3 heteroatoms. The van der Waals surface area contributed by atoms with E-state index in [2.05, 4.69) is 11.9 Å². The Morgan fingerprint density at radius 2 is 1.65 bits per heavy atom. The first kappa shape index (κ1) is 12.4. The molecule has 2 aliphatic carbocycles. The molecule has 1 saturated heterocycles. The highest BCUT2D eigenvalue weighted by atomic mass is 16.5. The maximum atomic E-state index is 12.3. The van der Waals surface area contributed by atoms with Crippen molar-refractivity contribution in [2.75, 3.05) is 20.1 Å². The SMILES string of the molecule is CN1C[C@@H]2[C@@H](C1)[C@@H]1CC[C@@H]2C1OC(=O)c1ccccc1. The van der Waals surface area contributed by atoms with Crippen LogP contribution in [0.3, 0.4) is 0 Å². The maximum Gasteiger partial charge on any atom is 0.338 e. The highest BCUT2D eigenvalue weighted by Crippen LogP contribution is 2.56. The van der Waals surface area contributed by atoms with E-state index < -0.39 is 0 Å². The summed E-state index contributed by atoms with van der Waals surface area (Å²) in [4.78, 5) is 14.7. The summed E-state index contributed by atoms with van der Waals surface area (Å²) in [6, 6.07) is 9.39. The Kier molecular flexibility index (Phi) is 2.84. The lowest BCUT2D eigenvalue weighted by atomic mass is 9.82. The van der Waals surface area contributed by atoms with Crippen LogP contribution in [0.1, 0.15) is 23.2 Å². The van der Waals surface area contributed by atoms with Gasteiger partial charge < -0.3 is 9.64 Å². The molecule has 1 aromatic rings. The predicted octanol–water partition coefficient (Wildman–Crippen LogP) is 2.43. The van der Waals surface area contributed by atoms with E-state index in [-0.39, 0.29) is 12.1 Å². The fourth-order valence-electron chi connectivity index (χ4n) is 4.86. The normalized spacial score (nSPS) is 39.0. The van der Waals surface area contributed by atoms with Crippen molar-refractivity contribution < 1.29 is 9.53 Å². The zero-order valence-electron chi connectivity index (χ0n) is 11.9. The van der Waals surface area contributed by atoms with Crippen molar-refractivity contribution >= 4 is 5.97 Å². The Morgan fingerprint density at radius 3 is 2.25 bits per heavy atom. The van der Waals surface area contributed by atoms with Crippen molar-refractivity contribution in [1.82, 2.24) is 4.90 Å². The van der Waals surface area contributed by atoms with E-state index in [1.807, 2.05) is 30.3 Å². The summed E-state index contributed by atoms with van der Waals surface area (Å²) in [5.74, 6) is 2.57. The second kappa shape index (κ2) is 4.59. The minimum Gasteiger partial charge on any atom is -0.458 e. The number of hydrogen-bond donors (Lipinski definition) is 0. The fourth-order valence-corrected chi connectivity index (χ4v) is 4.86. The topological polar surface area (TPSA) is 29.5 Å². The van der Waals surface area contributed by atoms with Crippen LogP contribution in [0.15, 0.2) is 30.3 Å². The summed E-state index contributed by atoms with van der Waals surface area (Å²) in [5, 5.41) is 0. The largest absolute Gasteiger partial charge is 0.458 e. The standard InChI is InChI=1S/C17H21NO2/c1-18-9-14-12-7-8-13(15(14)10-18)16(12)20-17(19)11-5-3-2-4-6-11/h2-6,12-16H,7-10H2,1H3/t12-,13-,14-,15-/m0/s1. The van der Waals surface area contributed by atoms with Crippen molar-refractivity contribution in [3.8, 4) is 0 Å². The molecule has 1 heterocycles. The van der Waals surface area contributed by atoms with E-state index >= 15 is 0 Å². The van der Waals surface area contributed by atoms with Gasteiger partial charge in [-0.15, -0.1) is 0 Å². The predicted molar refractivity (Wildman–Crippen MR) is 76.3 cm³/mol. The van der Waals surface area contributed by atoms with E-state index in [0.717, 1.165) is 11.8 Å². The molecule has 4 atom stereocenters. The molecule has 20 heavy (non-hydrogen) atoms. The maximum absolute atomic E-state index is 12.3. The lowest BCUT2D eigenvalue weighted by molar-refractivity contribution is 0.0139. The number of nitrogens with zero attached hydrogens (tertiary/aromatic N) is 1. The minimum absolute atomic E-state index is 0.138. The summed E-state index contributed by atoms with van der Waals surface area (Å²) in [6.45, 7) is 2.37. The van der Waals surface area contributed by atoms with E-state index in [0.29, 0.717) is 17.4 Å². The number of likely N-dealkylation sites (tertiary alicyclic amines) is 1. The van der Waals surface area contributed by atoms with Crippen LogP contribution in [0.25, 0.3) is 0 Å². The van der Waals surface area contributed by atoms with Crippen LogP contribution in [-0.4, -0.2) is 37.1 Å². The van der Waals surface area contributed by atoms with Gasteiger partial charge >= 0.3 is 5.97 Å². The van der Waals surface area contributed by atoms with Crippen molar-refractivity contribution in [2.45, 2.75) is 18.9 Å². The molecule has 2 saturated carbocycles. The number of carbonyl (C=O) groups excluding carboxylic acids is 1. The van der Waals surface area contributed by atoms with Gasteiger partial charge in [0.15, 0.2) is 0 Å².